The number of hydrogen-bond acceptors (Lipinski definition) is 6. The fourth-order valence-electron chi connectivity index (χ4n) is 6.07. The highest BCUT2D eigenvalue weighted by atomic mass is 16.5. The minimum absolute atomic E-state index is 0.0275. The van der Waals surface area contributed by atoms with Gasteiger partial charge in [0.1, 0.15) is 12.1 Å². The van der Waals surface area contributed by atoms with E-state index in [1.54, 1.807) is 0 Å². The number of esters is 1. The number of aliphatic hydroxyl groups is 1. The molecule has 2 unspecified atom stereocenters. The lowest BCUT2D eigenvalue weighted by Crippen LogP contribution is -2.47. The normalized spacial score (nSPS) is 13.2. The van der Waals surface area contributed by atoms with Gasteiger partial charge in [-0.15, -0.1) is 0 Å². The van der Waals surface area contributed by atoms with Crippen LogP contribution in [-0.2, 0) is 23.9 Å². The number of nitrogens with one attached hydrogen (secondary N) is 2. The minimum Gasteiger partial charge on any atom is -0.480 e. The SMILES string of the molecule is CC/C=C\C/C=C\C/C=C\C/C=C\C/C=C\C/C=C\CCCCCCC(=O)OC(CCCCCCCC)CCCCCCCC(=O)NCC(=O)NC(CO)C(=O)O. The van der Waals surface area contributed by atoms with E-state index in [1.165, 1.54) is 32.1 Å². The van der Waals surface area contributed by atoms with Crippen LogP contribution in [0, 0.1) is 0 Å². The van der Waals surface area contributed by atoms with Crippen molar-refractivity contribution < 1.29 is 34.1 Å². The molecule has 324 valence electrons. The van der Waals surface area contributed by atoms with Crippen LogP contribution in [0.3, 0.4) is 0 Å². The van der Waals surface area contributed by atoms with Gasteiger partial charge in [0, 0.05) is 12.8 Å². The molecule has 0 fully saturated rings. The average Bonchev–Trinajstić information content (AvgIpc) is 3.20. The van der Waals surface area contributed by atoms with Crippen LogP contribution in [0.4, 0.5) is 0 Å². The second-order valence-corrected chi connectivity index (χ2v) is 14.8. The molecule has 0 heterocycles. The van der Waals surface area contributed by atoms with Crippen molar-refractivity contribution >= 4 is 23.8 Å². The highest BCUT2D eigenvalue weighted by Crippen LogP contribution is 2.18. The van der Waals surface area contributed by atoms with Crippen LogP contribution in [0.1, 0.15) is 181 Å². The van der Waals surface area contributed by atoms with Gasteiger partial charge in [-0.1, -0.05) is 151 Å². The zero-order chi connectivity index (χ0) is 41.9. The number of hydrogen-bond donors (Lipinski definition) is 4. The first kappa shape index (κ1) is 53.3. The summed E-state index contributed by atoms with van der Waals surface area (Å²) in [6, 6.07) is -1.39. The van der Waals surface area contributed by atoms with Gasteiger partial charge >= 0.3 is 11.9 Å². The second kappa shape index (κ2) is 41.9. The number of ether oxygens (including phenoxy) is 1. The van der Waals surface area contributed by atoms with E-state index in [0.717, 1.165) is 116 Å². The number of unbranched alkanes of at least 4 members (excludes halogenated alkanes) is 13. The number of carboxylic acids is 1. The molecular formula is C48H80N2O7. The van der Waals surface area contributed by atoms with Gasteiger partial charge in [-0.05, 0) is 89.9 Å². The lowest BCUT2D eigenvalue weighted by Gasteiger charge is -2.18. The Morgan fingerprint density at radius 1 is 0.544 bits per heavy atom. The molecule has 0 rings (SSSR count). The topological polar surface area (TPSA) is 142 Å². The Labute approximate surface area is 346 Å². The standard InChI is InChI=1S/C48H80N2O7/c1-3-5-7-9-11-12-13-14-15-16-17-18-19-20-21-22-23-24-25-26-27-32-36-40-47(54)57-43(37-33-29-10-8-6-4-2)38-34-30-28-31-35-39-45(52)49-41-46(53)50-44(42-51)48(55)56/h5,7,11-12,14-15,17-18,20-21,23-24,43-44,51H,3-4,6,8-10,13,16,19,22,25-42H2,1-2H3,(H,49,52)(H,50,53)(H,55,56)/b7-5-,12-11-,15-14-,18-17-,21-20-,24-23-. The minimum atomic E-state index is -1.39. The van der Waals surface area contributed by atoms with Crippen LogP contribution in [0.2, 0.25) is 0 Å². The first-order valence-corrected chi connectivity index (χ1v) is 22.3. The number of carbonyl (C=O) groups is 4. The molecule has 9 nitrogen and oxygen atoms in total. The van der Waals surface area contributed by atoms with Crippen molar-refractivity contribution in [3.63, 3.8) is 0 Å². The summed E-state index contributed by atoms with van der Waals surface area (Å²) < 4.78 is 5.98. The van der Waals surface area contributed by atoms with E-state index in [0.29, 0.717) is 12.8 Å². The molecule has 0 saturated carbocycles. The molecule has 0 bridgehead atoms. The van der Waals surface area contributed by atoms with Gasteiger partial charge in [-0.2, -0.15) is 0 Å². The predicted octanol–water partition coefficient (Wildman–Crippen LogP) is 11.1. The summed E-state index contributed by atoms with van der Waals surface area (Å²) in [7, 11) is 0. The molecule has 0 aliphatic heterocycles. The van der Waals surface area contributed by atoms with Crippen LogP contribution < -0.4 is 10.6 Å². The van der Waals surface area contributed by atoms with Gasteiger partial charge in [-0.3, -0.25) is 14.4 Å². The average molecular weight is 797 g/mol. The van der Waals surface area contributed by atoms with Crippen LogP contribution in [-0.4, -0.2) is 59.3 Å². The Morgan fingerprint density at radius 2 is 1.00 bits per heavy atom. The molecule has 4 N–H and O–H groups in total. The van der Waals surface area contributed by atoms with Gasteiger partial charge in [0.2, 0.25) is 11.8 Å². The van der Waals surface area contributed by atoms with Crippen molar-refractivity contribution in [3.05, 3.63) is 72.9 Å². The van der Waals surface area contributed by atoms with E-state index in [9.17, 15) is 19.2 Å². The number of allylic oxidation sites excluding steroid dienone is 12. The van der Waals surface area contributed by atoms with Crippen molar-refractivity contribution in [1.82, 2.24) is 10.6 Å². The third-order valence-electron chi connectivity index (χ3n) is 9.47. The highest BCUT2D eigenvalue weighted by Gasteiger charge is 2.19. The summed E-state index contributed by atoms with van der Waals surface area (Å²) in [6.45, 7) is 3.33. The molecule has 0 aliphatic carbocycles. The largest absolute Gasteiger partial charge is 0.480 e. The van der Waals surface area contributed by atoms with E-state index < -0.39 is 24.5 Å². The fraction of sp³-hybridized carbons (Fsp3) is 0.667. The Balaban J connectivity index is 4.14. The zero-order valence-electron chi connectivity index (χ0n) is 35.8. The molecule has 0 aliphatic rings. The summed E-state index contributed by atoms with van der Waals surface area (Å²) in [4.78, 5) is 47.4. The van der Waals surface area contributed by atoms with Gasteiger partial charge in [0.15, 0.2) is 0 Å². The Bertz CT molecular complexity index is 1190. The summed E-state index contributed by atoms with van der Waals surface area (Å²) in [5.41, 5.74) is 0. The van der Waals surface area contributed by atoms with Crippen molar-refractivity contribution in [2.75, 3.05) is 13.2 Å². The second-order valence-electron chi connectivity index (χ2n) is 14.8. The molecule has 0 saturated heterocycles. The van der Waals surface area contributed by atoms with E-state index in [4.69, 9.17) is 14.9 Å². The van der Waals surface area contributed by atoms with E-state index in [-0.39, 0.29) is 30.9 Å². The smallest absolute Gasteiger partial charge is 0.328 e. The highest BCUT2D eigenvalue weighted by molar-refractivity contribution is 5.87. The number of aliphatic carboxylic acids is 1. The third kappa shape index (κ3) is 38.9. The summed E-state index contributed by atoms with van der Waals surface area (Å²) in [5, 5.41) is 22.5. The number of carbonyl (C=O) groups excluding carboxylic acids is 3. The van der Waals surface area contributed by atoms with Gasteiger partial charge in [0.05, 0.1) is 13.2 Å². The Kier molecular flexibility index (Phi) is 39.2. The molecule has 0 aromatic rings. The molecule has 0 radical (unpaired) electrons. The molecule has 2 amide bonds. The molecule has 2 atom stereocenters. The van der Waals surface area contributed by atoms with Gasteiger partial charge < -0.3 is 25.6 Å². The quantitative estimate of drug-likeness (QED) is 0.0276. The van der Waals surface area contributed by atoms with E-state index >= 15 is 0 Å². The number of aliphatic hydroxyl groups excluding tert-OH is 1. The van der Waals surface area contributed by atoms with Crippen molar-refractivity contribution in [2.24, 2.45) is 0 Å². The van der Waals surface area contributed by atoms with E-state index in [1.807, 2.05) is 0 Å². The lowest BCUT2D eigenvalue weighted by molar-refractivity contribution is -0.150. The maximum absolute atomic E-state index is 12.7. The number of carboxylic acid groups (broad SMARTS) is 1. The molecular weight excluding hydrogens is 717 g/mol. The summed E-state index contributed by atoms with van der Waals surface area (Å²) >= 11 is 0. The molecule has 0 spiro atoms. The Hall–Kier alpha value is -3.72. The maximum Gasteiger partial charge on any atom is 0.328 e. The van der Waals surface area contributed by atoms with Crippen LogP contribution >= 0.6 is 0 Å². The number of rotatable bonds is 39. The van der Waals surface area contributed by atoms with Crippen molar-refractivity contribution in [1.29, 1.82) is 0 Å². The molecule has 0 aromatic carbocycles. The summed E-state index contributed by atoms with van der Waals surface area (Å²) in [6.07, 6.45) is 52.3. The third-order valence-corrected chi connectivity index (χ3v) is 9.47. The Morgan fingerprint density at radius 3 is 1.51 bits per heavy atom. The molecule has 57 heavy (non-hydrogen) atoms. The van der Waals surface area contributed by atoms with Gasteiger partial charge in [0.25, 0.3) is 0 Å². The van der Waals surface area contributed by atoms with Crippen molar-refractivity contribution in [3.8, 4) is 0 Å². The van der Waals surface area contributed by atoms with Crippen LogP contribution in [0.5, 0.6) is 0 Å². The zero-order valence-corrected chi connectivity index (χ0v) is 35.8. The molecule has 9 heteroatoms. The monoisotopic (exact) mass is 797 g/mol. The van der Waals surface area contributed by atoms with Gasteiger partial charge in [-0.25, -0.2) is 4.79 Å². The first-order valence-electron chi connectivity index (χ1n) is 22.3. The van der Waals surface area contributed by atoms with Crippen LogP contribution in [0.15, 0.2) is 72.9 Å². The maximum atomic E-state index is 12.7. The predicted molar refractivity (Wildman–Crippen MR) is 236 cm³/mol. The van der Waals surface area contributed by atoms with Crippen molar-refractivity contribution in [2.45, 2.75) is 193 Å². The summed E-state index contributed by atoms with van der Waals surface area (Å²) in [5.74, 6) is -2.33. The van der Waals surface area contributed by atoms with Crippen LogP contribution in [0.25, 0.3) is 0 Å². The lowest BCUT2D eigenvalue weighted by atomic mass is 10.0. The fourth-order valence-corrected chi connectivity index (χ4v) is 6.07. The number of amides is 2. The van der Waals surface area contributed by atoms with E-state index in [2.05, 4.69) is 97.4 Å². The first-order chi connectivity index (χ1) is 27.8. The molecule has 0 aromatic heterocycles.